The van der Waals surface area contributed by atoms with Gasteiger partial charge in [0.05, 0.1) is 0 Å². The van der Waals surface area contributed by atoms with E-state index in [1.165, 1.54) is 31.2 Å². The summed E-state index contributed by atoms with van der Waals surface area (Å²) in [5.41, 5.74) is 7.21. The van der Waals surface area contributed by atoms with E-state index in [-0.39, 0.29) is 0 Å². The maximum Gasteiger partial charge on any atom is 0.122 e. The van der Waals surface area contributed by atoms with Crippen molar-refractivity contribution in [3.63, 3.8) is 0 Å². The molecule has 1 aliphatic carbocycles. The summed E-state index contributed by atoms with van der Waals surface area (Å²) in [6, 6.07) is 8.39. The molecule has 2 unspecified atom stereocenters. The van der Waals surface area contributed by atoms with E-state index >= 15 is 0 Å². The lowest BCUT2D eigenvalue weighted by molar-refractivity contribution is 0.128. The molecule has 2 nitrogen and oxygen atoms in total. The van der Waals surface area contributed by atoms with Crippen LogP contribution >= 0.6 is 0 Å². The Morgan fingerprint density at radius 1 is 1.17 bits per heavy atom. The van der Waals surface area contributed by atoms with E-state index in [1.807, 2.05) is 0 Å². The summed E-state index contributed by atoms with van der Waals surface area (Å²) in [5, 5.41) is 0. The van der Waals surface area contributed by atoms with Gasteiger partial charge in [0.1, 0.15) is 11.9 Å². The van der Waals surface area contributed by atoms with Crippen molar-refractivity contribution in [1.82, 2.24) is 0 Å². The molecule has 0 amide bonds. The van der Waals surface area contributed by atoms with Crippen LogP contribution in [0.4, 0.5) is 0 Å². The molecule has 1 aromatic rings. The van der Waals surface area contributed by atoms with E-state index in [9.17, 15) is 0 Å². The normalized spacial score (nSPS) is 24.6. The van der Waals surface area contributed by atoms with E-state index in [0.29, 0.717) is 12.0 Å². The third-order valence-electron chi connectivity index (χ3n) is 4.02. The molecule has 0 bridgehead atoms. The van der Waals surface area contributed by atoms with Crippen molar-refractivity contribution in [2.75, 3.05) is 6.54 Å². The van der Waals surface area contributed by atoms with Gasteiger partial charge in [-0.2, -0.15) is 0 Å². The van der Waals surface area contributed by atoms with Gasteiger partial charge >= 0.3 is 0 Å². The number of hydrogen-bond acceptors (Lipinski definition) is 2. The minimum atomic E-state index is 0.310. The second-order valence-corrected chi connectivity index (χ2v) is 5.25. The lowest BCUT2D eigenvalue weighted by Gasteiger charge is -2.26. The van der Waals surface area contributed by atoms with Crippen LogP contribution in [0.1, 0.15) is 44.6 Å². The Kier molecular flexibility index (Phi) is 5.06. The number of hydrogen-bond donors (Lipinski definition) is 1. The minimum Gasteiger partial charge on any atom is -0.490 e. The largest absolute Gasteiger partial charge is 0.490 e. The van der Waals surface area contributed by atoms with Crippen LogP contribution in [-0.4, -0.2) is 12.6 Å². The first-order chi connectivity index (χ1) is 8.85. The minimum absolute atomic E-state index is 0.310. The third-order valence-corrected chi connectivity index (χ3v) is 4.02. The summed E-state index contributed by atoms with van der Waals surface area (Å²) in [7, 11) is 0. The summed E-state index contributed by atoms with van der Waals surface area (Å²) in [5.74, 6) is 1.59. The van der Waals surface area contributed by atoms with Crippen molar-refractivity contribution in [1.29, 1.82) is 0 Å². The summed E-state index contributed by atoms with van der Waals surface area (Å²) in [6.45, 7) is 2.93. The molecule has 18 heavy (non-hydrogen) atoms. The van der Waals surface area contributed by atoms with Crippen molar-refractivity contribution in [2.45, 2.75) is 51.6 Å². The molecule has 0 spiro atoms. The van der Waals surface area contributed by atoms with Gasteiger partial charge in [0.2, 0.25) is 0 Å². The Labute approximate surface area is 111 Å². The van der Waals surface area contributed by atoms with Gasteiger partial charge in [-0.05, 0) is 43.9 Å². The fraction of sp³-hybridized carbons (Fsp3) is 0.625. The second kappa shape index (κ2) is 6.79. The SMILES string of the molecule is CCc1ccccc1OC1CCCCCC1CN. The predicted octanol–water partition coefficient (Wildman–Crippen LogP) is 3.54. The lowest BCUT2D eigenvalue weighted by atomic mass is 9.97. The molecule has 1 aromatic carbocycles. The van der Waals surface area contributed by atoms with E-state index < -0.39 is 0 Å². The lowest BCUT2D eigenvalue weighted by Crippen LogP contribution is -2.31. The fourth-order valence-electron chi connectivity index (χ4n) is 2.85. The molecular weight excluding hydrogens is 222 g/mol. The molecular formula is C16H25NO. The molecule has 1 saturated carbocycles. The molecule has 2 N–H and O–H groups in total. The number of nitrogens with two attached hydrogens (primary N) is 1. The van der Waals surface area contributed by atoms with Gasteiger partial charge in [-0.1, -0.05) is 38.0 Å². The third kappa shape index (κ3) is 3.26. The average molecular weight is 247 g/mol. The van der Waals surface area contributed by atoms with Crippen LogP contribution in [-0.2, 0) is 6.42 Å². The van der Waals surface area contributed by atoms with E-state index in [4.69, 9.17) is 10.5 Å². The Balaban J connectivity index is 2.10. The Morgan fingerprint density at radius 2 is 1.94 bits per heavy atom. The van der Waals surface area contributed by atoms with Crippen molar-refractivity contribution in [3.05, 3.63) is 29.8 Å². The Hall–Kier alpha value is -1.02. The summed E-state index contributed by atoms with van der Waals surface area (Å²) in [4.78, 5) is 0. The molecule has 0 radical (unpaired) electrons. The molecule has 0 heterocycles. The van der Waals surface area contributed by atoms with Crippen LogP contribution in [0.3, 0.4) is 0 Å². The van der Waals surface area contributed by atoms with Crippen molar-refractivity contribution >= 4 is 0 Å². The maximum atomic E-state index is 6.28. The molecule has 1 aliphatic rings. The molecule has 2 atom stereocenters. The molecule has 0 saturated heterocycles. The highest BCUT2D eigenvalue weighted by Gasteiger charge is 2.24. The summed E-state index contributed by atoms with van der Waals surface area (Å²) >= 11 is 0. The number of para-hydroxylation sites is 1. The van der Waals surface area contributed by atoms with Gasteiger partial charge in [-0.3, -0.25) is 0 Å². The predicted molar refractivity (Wildman–Crippen MR) is 75.9 cm³/mol. The zero-order valence-corrected chi connectivity index (χ0v) is 11.4. The summed E-state index contributed by atoms with van der Waals surface area (Å²) in [6.07, 6.45) is 7.61. The van der Waals surface area contributed by atoms with Crippen LogP contribution in [0.5, 0.6) is 5.75 Å². The highest BCUT2D eigenvalue weighted by Crippen LogP contribution is 2.28. The number of rotatable bonds is 4. The molecule has 0 aliphatic heterocycles. The van der Waals surface area contributed by atoms with Gasteiger partial charge in [-0.15, -0.1) is 0 Å². The van der Waals surface area contributed by atoms with Crippen molar-refractivity contribution in [2.24, 2.45) is 11.7 Å². The highest BCUT2D eigenvalue weighted by molar-refractivity contribution is 5.33. The molecule has 100 valence electrons. The fourth-order valence-corrected chi connectivity index (χ4v) is 2.85. The van der Waals surface area contributed by atoms with E-state index in [1.54, 1.807) is 0 Å². The topological polar surface area (TPSA) is 35.2 Å². The highest BCUT2D eigenvalue weighted by atomic mass is 16.5. The van der Waals surface area contributed by atoms with E-state index in [2.05, 4.69) is 31.2 Å². The molecule has 2 heteroatoms. The van der Waals surface area contributed by atoms with Crippen molar-refractivity contribution in [3.8, 4) is 5.75 Å². The van der Waals surface area contributed by atoms with Gasteiger partial charge in [0, 0.05) is 5.92 Å². The monoisotopic (exact) mass is 247 g/mol. The maximum absolute atomic E-state index is 6.28. The van der Waals surface area contributed by atoms with Crippen LogP contribution < -0.4 is 10.5 Å². The summed E-state index contributed by atoms with van der Waals surface area (Å²) < 4.78 is 6.28. The molecule has 2 rings (SSSR count). The zero-order valence-electron chi connectivity index (χ0n) is 11.4. The molecule has 0 aromatic heterocycles. The smallest absolute Gasteiger partial charge is 0.122 e. The first kappa shape index (κ1) is 13.4. The zero-order chi connectivity index (χ0) is 12.8. The first-order valence-electron chi connectivity index (χ1n) is 7.29. The van der Waals surface area contributed by atoms with Crippen LogP contribution in [0.2, 0.25) is 0 Å². The van der Waals surface area contributed by atoms with Crippen LogP contribution in [0.15, 0.2) is 24.3 Å². The second-order valence-electron chi connectivity index (χ2n) is 5.25. The average Bonchev–Trinajstić information content (AvgIpc) is 2.64. The van der Waals surface area contributed by atoms with Crippen LogP contribution in [0, 0.1) is 5.92 Å². The van der Waals surface area contributed by atoms with Crippen LogP contribution in [0.25, 0.3) is 0 Å². The number of aryl methyl sites for hydroxylation is 1. The van der Waals surface area contributed by atoms with Gasteiger partial charge < -0.3 is 10.5 Å². The molecule has 1 fully saturated rings. The quantitative estimate of drug-likeness (QED) is 0.826. The van der Waals surface area contributed by atoms with E-state index in [0.717, 1.165) is 25.1 Å². The standard InChI is InChI=1S/C16H25NO/c1-2-13-8-6-7-11-15(13)18-16-10-5-3-4-9-14(16)12-17/h6-8,11,14,16H,2-5,9-10,12,17H2,1H3. The number of ether oxygens (including phenoxy) is 1. The van der Waals surface area contributed by atoms with Gasteiger partial charge in [0.15, 0.2) is 0 Å². The first-order valence-corrected chi connectivity index (χ1v) is 7.29. The van der Waals surface area contributed by atoms with Crippen molar-refractivity contribution < 1.29 is 4.74 Å². The van der Waals surface area contributed by atoms with Gasteiger partial charge in [-0.25, -0.2) is 0 Å². The Morgan fingerprint density at radius 3 is 2.72 bits per heavy atom. The Bertz CT molecular complexity index is 364. The van der Waals surface area contributed by atoms with Gasteiger partial charge in [0.25, 0.3) is 0 Å². The number of benzene rings is 1.